The van der Waals surface area contributed by atoms with E-state index in [0.717, 1.165) is 24.3 Å². The molecule has 0 aromatic heterocycles. The Morgan fingerprint density at radius 3 is 2.39 bits per heavy atom. The molecule has 1 aliphatic rings. The number of carbonyl (C=O) groups excluding carboxylic acids is 1. The van der Waals surface area contributed by atoms with Crippen LogP contribution in [0.2, 0.25) is 0 Å². The number of anilines is 1. The highest BCUT2D eigenvalue weighted by molar-refractivity contribution is 9.10. The first-order valence-electron chi connectivity index (χ1n) is 8.42. The SMILES string of the molecule is O=C(Nc1ccc(F)c(Br)c1)c1cc(S(=O)(=O)N2CCC(O)CC2)ccc1F. The van der Waals surface area contributed by atoms with E-state index in [9.17, 15) is 27.1 Å². The number of sulfonamides is 1. The summed E-state index contributed by atoms with van der Waals surface area (Å²) in [6.07, 6.45) is 0.0801. The van der Waals surface area contributed by atoms with Crippen molar-refractivity contribution in [2.75, 3.05) is 18.4 Å². The third kappa shape index (κ3) is 4.40. The Morgan fingerprint density at radius 1 is 1.11 bits per heavy atom. The van der Waals surface area contributed by atoms with Crippen molar-refractivity contribution in [3.63, 3.8) is 0 Å². The van der Waals surface area contributed by atoms with E-state index < -0.39 is 39.2 Å². The fraction of sp³-hybridized carbons (Fsp3) is 0.278. The van der Waals surface area contributed by atoms with E-state index in [4.69, 9.17) is 0 Å². The molecule has 0 radical (unpaired) electrons. The van der Waals surface area contributed by atoms with E-state index in [0.29, 0.717) is 12.8 Å². The van der Waals surface area contributed by atoms with Gasteiger partial charge < -0.3 is 10.4 Å². The minimum absolute atomic E-state index is 0.120. The Balaban J connectivity index is 1.86. The number of halogens is 3. The van der Waals surface area contributed by atoms with Gasteiger partial charge in [-0.05, 0) is 65.2 Å². The minimum atomic E-state index is -3.92. The zero-order valence-electron chi connectivity index (χ0n) is 14.5. The quantitative estimate of drug-likeness (QED) is 0.712. The molecule has 1 heterocycles. The van der Waals surface area contributed by atoms with Crippen LogP contribution in [0.3, 0.4) is 0 Å². The molecule has 0 saturated carbocycles. The molecule has 1 amide bonds. The van der Waals surface area contributed by atoms with Crippen molar-refractivity contribution in [2.24, 2.45) is 0 Å². The van der Waals surface area contributed by atoms with E-state index >= 15 is 0 Å². The maximum Gasteiger partial charge on any atom is 0.258 e. The second-order valence-corrected chi connectivity index (χ2v) is 9.15. The molecule has 0 unspecified atom stereocenters. The highest BCUT2D eigenvalue weighted by atomic mass is 79.9. The molecule has 150 valence electrons. The van der Waals surface area contributed by atoms with Gasteiger partial charge in [0.25, 0.3) is 5.91 Å². The normalized spacial score (nSPS) is 16.1. The van der Waals surface area contributed by atoms with Crippen LogP contribution in [-0.4, -0.2) is 42.9 Å². The molecule has 6 nitrogen and oxygen atoms in total. The topological polar surface area (TPSA) is 86.7 Å². The smallest absolute Gasteiger partial charge is 0.258 e. The van der Waals surface area contributed by atoms with E-state index in [1.807, 2.05) is 0 Å². The molecule has 3 rings (SSSR count). The van der Waals surface area contributed by atoms with Gasteiger partial charge in [-0.2, -0.15) is 4.31 Å². The van der Waals surface area contributed by atoms with Gasteiger partial charge in [0.2, 0.25) is 10.0 Å². The number of nitrogens with one attached hydrogen (secondary N) is 1. The van der Waals surface area contributed by atoms with E-state index in [-0.39, 0.29) is 28.1 Å². The van der Waals surface area contributed by atoms with Crippen molar-refractivity contribution in [3.05, 3.63) is 58.1 Å². The second kappa shape index (κ2) is 8.24. The predicted octanol–water partition coefficient (Wildman–Crippen LogP) is 3.13. The Bertz CT molecular complexity index is 1010. The standard InChI is InChI=1S/C18H17BrF2N2O4S/c19-15-9-11(1-3-17(15)21)22-18(25)14-10-13(2-4-16(14)20)28(26,27)23-7-5-12(24)6-8-23/h1-4,9-10,12,24H,5-8H2,(H,22,25). The first-order chi connectivity index (χ1) is 13.2. The first-order valence-corrected chi connectivity index (χ1v) is 10.7. The molecule has 1 saturated heterocycles. The van der Waals surface area contributed by atoms with Crippen molar-refractivity contribution in [1.29, 1.82) is 0 Å². The summed E-state index contributed by atoms with van der Waals surface area (Å²) in [5.41, 5.74) is -0.227. The Hall–Kier alpha value is -1.88. The molecule has 0 bridgehead atoms. The molecular weight excluding hydrogens is 458 g/mol. The number of hydrogen-bond acceptors (Lipinski definition) is 4. The highest BCUT2D eigenvalue weighted by Crippen LogP contribution is 2.24. The third-order valence-corrected chi connectivity index (χ3v) is 6.92. The average molecular weight is 475 g/mol. The summed E-state index contributed by atoms with van der Waals surface area (Å²) in [4.78, 5) is 12.2. The summed E-state index contributed by atoms with van der Waals surface area (Å²) in [6, 6.07) is 6.73. The molecule has 10 heteroatoms. The van der Waals surface area contributed by atoms with Crippen LogP contribution in [0.15, 0.2) is 45.8 Å². The van der Waals surface area contributed by atoms with Crippen LogP contribution < -0.4 is 5.32 Å². The summed E-state index contributed by atoms with van der Waals surface area (Å²) < 4.78 is 54.3. The van der Waals surface area contributed by atoms with Gasteiger partial charge in [0.1, 0.15) is 11.6 Å². The van der Waals surface area contributed by atoms with Crippen LogP contribution in [0.4, 0.5) is 14.5 Å². The molecule has 2 N–H and O–H groups in total. The summed E-state index contributed by atoms with van der Waals surface area (Å²) in [7, 11) is -3.92. The van der Waals surface area contributed by atoms with Crippen LogP contribution in [0.1, 0.15) is 23.2 Å². The molecule has 28 heavy (non-hydrogen) atoms. The largest absolute Gasteiger partial charge is 0.393 e. The van der Waals surface area contributed by atoms with Gasteiger partial charge in [-0.25, -0.2) is 17.2 Å². The summed E-state index contributed by atoms with van der Waals surface area (Å²) in [5.74, 6) is -2.27. The second-order valence-electron chi connectivity index (χ2n) is 6.36. The zero-order chi connectivity index (χ0) is 20.5. The lowest BCUT2D eigenvalue weighted by molar-refractivity contribution is 0.102. The zero-order valence-corrected chi connectivity index (χ0v) is 16.9. The predicted molar refractivity (Wildman–Crippen MR) is 102 cm³/mol. The number of hydrogen-bond donors (Lipinski definition) is 2. The molecule has 0 aliphatic carbocycles. The minimum Gasteiger partial charge on any atom is -0.393 e. The molecular formula is C18H17BrF2N2O4S. The number of benzene rings is 2. The average Bonchev–Trinajstić information content (AvgIpc) is 2.65. The van der Waals surface area contributed by atoms with Gasteiger partial charge in [-0.3, -0.25) is 4.79 Å². The van der Waals surface area contributed by atoms with Crippen molar-refractivity contribution >= 4 is 37.5 Å². The maximum atomic E-state index is 14.2. The number of rotatable bonds is 4. The number of piperidine rings is 1. The van der Waals surface area contributed by atoms with Gasteiger partial charge in [0.05, 0.1) is 21.0 Å². The fourth-order valence-electron chi connectivity index (χ4n) is 2.84. The van der Waals surface area contributed by atoms with E-state index in [1.54, 1.807) is 0 Å². The summed E-state index contributed by atoms with van der Waals surface area (Å²) in [5, 5.41) is 12.0. The first kappa shape index (κ1) is 20.8. The Morgan fingerprint density at radius 2 is 1.75 bits per heavy atom. The molecule has 0 atom stereocenters. The Kier molecular flexibility index (Phi) is 6.13. The number of nitrogens with zero attached hydrogens (tertiary/aromatic N) is 1. The lowest BCUT2D eigenvalue weighted by Crippen LogP contribution is -2.40. The van der Waals surface area contributed by atoms with Gasteiger partial charge in [-0.15, -0.1) is 0 Å². The van der Waals surface area contributed by atoms with Crippen LogP contribution in [0, 0.1) is 11.6 Å². The van der Waals surface area contributed by atoms with Gasteiger partial charge in [0, 0.05) is 18.8 Å². The van der Waals surface area contributed by atoms with E-state index in [1.165, 1.54) is 16.4 Å². The number of aliphatic hydroxyl groups excluding tert-OH is 1. The fourth-order valence-corrected chi connectivity index (χ4v) is 4.72. The molecule has 1 fully saturated rings. The molecule has 0 spiro atoms. The van der Waals surface area contributed by atoms with Crippen molar-refractivity contribution in [3.8, 4) is 0 Å². The highest BCUT2D eigenvalue weighted by Gasteiger charge is 2.29. The summed E-state index contributed by atoms with van der Waals surface area (Å²) >= 11 is 2.99. The summed E-state index contributed by atoms with van der Waals surface area (Å²) in [6.45, 7) is 0.290. The lowest BCUT2D eigenvalue weighted by Gasteiger charge is -2.28. The third-order valence-electron chi connectivity index (χ3n) is 4.42. The van der Waals surface area contributed by atoms with Gasteiger partial charge >= 0.3 is 0 Å². The maximum absolute atomic E-state index is 14.2. The van der Waals surface area contributed by atoms with Crippen molar-refractivity contribution in [1.82, 2.24) is 4.31 Å². The van der Waals surface area contributed by atoms with Crippen molar-refractivity contribution in [2.45, 2.75) is 23.8 Å². The number of aliphatic hydroxyl groups is 1. The Labute approximate surface area is 169 Å². The van der Waals surface area contributed by atoms with Crippen LogP contribution >= 0.6 is 15.9 Å². The van der Waals surface area contributed by atoms with Crippen LogP contribution in [0.5, 0.6) is 0 Å². The van der Waals surface area contributed by atoms with Gasteiger partial charge in [0.15, 0.2) is 0 Å². The lowest BCUT2D eigenvalue weighted by atomic mass is 10.1. The number of amides is 1. The van der Waals surface area contributed by atoms with E-state index in [2.05, 4.69) is 21.2 Å². The van der Waals surface area contributed by atoms with Crippen LogP contribution in [0.25, 0.3) is 0 Å². The number of carbonyl (C=O) groups is 1. The molecule has 1 aliphatic heterocycles. The van der Waals surface area contributed by atoms with Crippen LogP contribution in [-0.2, 0) is 10.0 Å². The monoisotopic (exact) mass is 474 g/mol. The van der Waals surface area contributed by atoms with Crippen molar-refractivity contribution < 1.29 is 27.1 Å². The molecule has 2 aromatic carbocycles. The van der Waals surface area contributed by atoms with Gasteiger partial charge in [-0.1, -0.05) is 0 Å². The molecule has 2 aromatic rings.